The van der Waals surface area contributed by atoms with Gasteiger partial charge in [-0.3, -0.25) is 0 Å². The van der Waals surface area contributed by atoms with Crippen LogP contribution in [0.25, 0.3) is 0 Å². The van der Waals surface area contributed by atoms with Crippen molar-refractivity contribution in [1.82, 2.24) is 9.66 Å². The van der Waals surface area contributed by atoms with Crippen molar-refractivity contribution in [3.05, 3.63) is 35.2 Å². The second kappa shape index (κ2) is 5.01. The zero-order valence-electron chi connectivity index (χ0n) is 11.1. The highest BCUT2D eigenvalue weighted by Gasteiger charge is 2.06. The maximum absolute atomic E-state index is 9.86. The van der Waals surface area contributed by atoms with Crippen LogP contribution in [-0.2, 0) is 0 Å². The van der Waals surface area contributed by atoms with Gasteiger partial charge in [0, 0.05) is 5.56 Å². The van der Waals surface area contributed by atoms with Crippen LogP contribution in [0, 0.1) is 13.8 Å². The van der Waals surface area contributed by atoms with E-state index in [0.29, 0.717) is 17.3 Å². The monoisotopic (exact) mass is 260 g/mol. The second-order valence-corrected chi connectivity index (χ2v) is 4.21. The second-order valence-electron chi connectivity index (χ2n) is 4.21. The summed E-state index contributed by atoms with van der Waals surface area (Å²) in [5.41, 5.74) is 7.86. The van der Waals surface area contributed by atoms with E-state index in [1.165, 1.54) is 10.9 Å². The molecule has 1 aromatic heterocycles. The summed E-state index contributed by atoms with van der Waals surface area (Å²) in [5, 5.41) is 14.0. The topological polar surface area (TPSA) is 85.7 Å². The van der Waals surface area contributed by atoms with Crippen molar-refractivity contribution in [3.63, 3.8) is 0 Å². The summed E-state index contributed by atoms with van der Waals surface area (Å²) in [4.78, 5) is 4.03. The molecule has 0 saturated carbocycles. The Hall–Kier alpha value is -2.50. The Labute approximate surface area is 111 Å². The van der Waals surface area contributed by atoms with E-state index in [2.05, 4.69) is 10.1 Å². The molecule has 0 bridgehead atoms. The molecular formula is C13H16N4O2. The Morgan fingerprint density at radius 2 is 2.16 bits per heavy atom. The number of rotatable bonds is 3. The van der Waals surface area contributed by atoms with E-state index in [1.54, 1.807) is 25.4 Å². The fraction of sp³-hybridized carbons (Fsp3) is 0.231. The molecule has 0 radical (unpaired) electrons. The third kappa shape index (κ3) is 2.67. The van der Waals surface area contributed by atoms with Crippen LogP contribution < -0.4 is 10.5 Å². The maximum Gasteiger partial charge on any atom is 0.221 e. The molecule has 3 N–H and O–H groups in total. The minimum Gasteiger partial charge on any atom is -0.507 e. The molecule has 100 valence electrons. The lowest BCUT2D eigenvalue weighted by Gasteiger charge is -2.07. The Morgan fingerprint density at radius 3 is 2.74 bits per heavy atom. The first-order chi connectivity index (χ1) is 9.01. The Balaban J connectivity index is 2.35. The standard InChI is InChI=1S/C13H16N4O2/c1-8-4-11(18)10(5-12(8)19-3)6-15-17-7-9(2)16-13(17)14/h4-7,18H,1-3H3,(H2,14,16). The van der Waals surface area contributed by atoms with Crippen LogP contribution >= 0.6 is 0 Å². The molecule has 0 fully saturated rings. The van der Waals surface area contributed by atoms with Crippen molar-refractivity contribution in [1.29, 1.82) is 0 Å². The van der Waals surface area contributed by atoms with Crippen molar-refractivity contribution in [2.75, 3.05) is 12.8 Å². The number of nitrogen functional groups attached to an aromatic ring is 1. The van der Waals surface area contributed by atoms with Gasteiger partial charge < -0.3 is 15.6 Å². The smallest absolute Gasteiger partial charge is 0.221 e. The average molecular weight is 260 g/mol. The first-order valence-corrected chi connectivity index (χ1v) is 5.74. The normalized spacial score (nSPS) is 11.1. The highest BCUT2D eigenvalue weighted by molar-refractivity contribution is 5.84. The number of methoxy groups -OCH3 is 1. The summed E-state index contributed by atoms with van der Waals surface area (Å²) >= 11 is 0. The van der Waals surface area contributed by atoms with Gasteiger partial charge in [-0.25, -0.2) is 9.66 Å². The first kappa shape index (κ1) is 12.9. The Kier molecular flexibility index (Phi) is 3.41. The molecule has 0 aliphatic heterocycles. The lowest BCUT2D eigenvalue weighted by Crippen LogP contribution is -1.97. The minimum absolute atomic E-state index is 0.137. The summed E-state index contributed by atoms with van der Waals surface area (Å²) in [7, 11) is 1.58. The number of aromatic hydroxyl groups is 1. The van der Waals surface area contributed by atoms with Gasteiger partial charge in [0.2, 0.25) is 5.95 Å². The molecule has 0 aliphatic carbocycles. The van der Waals surface area contributed by atoms with Crippen molar-refractivity contribution >= 4 is 12.2 Å². The van der Waals surface area contributed by atoms with Crippen LogP contribution in [0.15, 0.2) is 23.4 Å². The lowest BCUT2D eigenvalue weighted by molar-refractivity contribution is 0.409. The van der Waals surface area contributed by atoms with Crippen LogP contribution in [0.4, 0.5) is 5.95 Å². The van der Waals surface area contributed by atoms with Crippen LogP contribution in [-0.4, -0.2) is 28.1 Å². The molecular weight excluding hydrogens is 244 g/mol. The first-order valence-electron chi connectivity index (χ1n) is 5.74. The van der Waals surface area contributed by atoms with Gasteiger partial charge in [0.25, 0.3) is 0 Å². The summed E-state index contributed by atoms with van der Waals surface area (Å²) < 4.78 is 6.65. The van der Waals surface area contributed by atoms with Gasteiger partial charge in [0.05, 0.1) is 25.2 Å². The molecule has 6 heteroatoms. The van der Waals surface area contributed by atoms with Gasteiger partial charge in [-0.15, -0.1) is 0 Å². The zero-order chi connectivity index (χ0) is 14.0. The van der Waals surface area contributed by atoms with Crippen LogP contribution in [0.2, 0.25) is 0 Å². The molecule has 0 aliphatic rings. The third-order valence-electron chi connectivity index (χ3n) is 2.70. The Morgan fingerprint density at radius 1 is 1.42 bits per heavy atom. The number of nitrogens with two attached hydrogens (primary N) is 1. The summed E-state index contributed by atoms with van der Waals surface area (Å²) in [6.45, 7) is 3.69. The highest BCUT2D eigenvalue weighted by Crippen LogP contribution is 2.26. The third-order valence-corrected chi connectivity index (χ3v) is 2.70. The van der Waals surface area contributed by atoms with Gasteiger partial charge in [-0.2, -0.15) is 5.10 Å². The van der Waals surface area contributed by atoms with Gasteiger partial charge in [0.15, 0.2) is 0 Å². The average Bonchev–Trinajstić information content (AvgIpc) is 2.67. The quantitative estimate of drug-likeness (QED) is 0.822. The summed E-state index contributed by atoms with van der Waals surface area (Å²) in [6.07, 6.45) is 3.21. The maximum atomic E-state index is 9.86. The molecule has 1 heterocycles. The molecule has 1 aromatic carbocycles. The van der Waals surface area contributed by atoms with E-state index in [0.717, 1.165) is 11.3 Å². The number of phenolic OH excluding ortho intramolecular Hbond substituents is 1. The number of phenols is 1. The summed E-state index contributed by atoms with van der Waals surface area (Å²) in [5.74, 6) is 1.12. The van der Waals surface area contributed by atoms with E-state index in [-0.39, 0.29) is 5.75 Å². The van der Waals surface area contributed by atoms with E-state index >= 15 is 0 Å². The zero-order valence-corrected chi connectivity index (χ0v) is 11.1. The van der Waals surface area contributed by atoms with Crippen molar-refractivity contribution in [3.8, 4) is 11.5 Å². The molecule has 0 amide bonds. The van der Waals surface area contributed by atoms with E-state index < -0.39 is 0 Å². The van der Waals surface area contributed by atoms with Crippen LogP contribution in [0.1, 0.15) is 16.8 Å². The van der Waals surface area contributed by atoms with Crippen molar-refractivity contribution in [2.24, 2.45) is 5.10 Å². The SMILES string of the molecule is COc1cc(C=Nn2cc(C)nc2N)c(O)cc1C. The molecule has 0 unspecified atom stereocenters. The number of benzene rings is 1. The molecule has 0 saturated heterocycles. The molecule has 19 heavy (non-hydrogen) atoms. The number of aryl methyl sites for hydroxylation is 2. The number of anilines is 1. The van der Waals surface area contributed by atoms with E-state index in [1.807, 2.05) is 13.8 Å². The minimum atomic E-state index is 0.137. The number of nitrogens with zero attached hydrogens (tertiary/aromatic N) is 3. The number of aromatic nitrogens is 2. The Bertz CT molecular complexity index is 632. The fourth-order valence-electron chi connectivity index (χ4n) is 1.73. The lowest BCUT2D eigenvalue weighted by atomic mass is 10.1. The number of ether oxygens (including phenoxy) is 1. The fourth-order valence-corrected chi connectivity index (χ4v) is 1.73. The van der Waals surface area contributed by atoms with Crippen LogP contribution in [0.5, 0.6) is 11.5 Å². The highest BCUT2D eigenvalue weighted by atomic mass is 16.5. The number of hydrogen-bond acceptors (Lipinski definition) is 5. The van der Waals surface area contributed by atoms with E-state index in [9.17, 15) is 5.11 Å². The molecule has 2 rings (SSSR count). The molecule has 0 atom stereocenters. The van der Waals surface area contributed by atoms with Crippen LogP contribution in [0.3, 0.4) is 0 Å². The van der Waals surface area contributed by atoms with Crippen molar-refractivity contribution < 1.29 is 9.84 Å². The number of imidazole rings is 1. The van der Waals surface area contributed by atoms with Gasteiger partial charge in [0.1, 0.15) is 11.5 Å². The predicted molar refractivity (Wildman–Crippen MR) is 73.8 cm³/mol. The largest absolute Gasteiger partial charge is 0.507 e. The van der Waals surface area contributed by atoms with Crippen molar-refractivity contribution in [2.45, 2.75) is 13.8 Å². The van der Waals surface area contributed by atoms with Gasteiger partial charge >= 0.3 is 0 Å². The molecule has 0 spiro atoms. The molecule has 6 nitrogen and oxygen atoms in total. The predicted octanol–water partition coefficient (Wildman–Crippen LogP) is 1.68. The summed E-state index contributed by atoms with van der Waals surface area (Å²) in [6, 6.07) is 3.34. The number of hydrogen-bond donors (Lipinski definition) is 2. The van der Waals surface area contributed by atoms with E-state index in [4.69, 9.17) is 10.5 Å². The molecule has 2 aromatic rings. The van der Waals surface area contributed by atoms with Gasteiger partial charge in [-0.05, 0) is 31.5 Å². The van der Waals surface area contributed by atoms with Gasteiger partial charge in [-0.1, -0.05) is 0 Å².